The van der Waals surface area contributed by atoms with E-state index in [9.17, 15) is 9.18 Å². The maximum atomic E-state index is 13.0. The summed E-state index contributed by atoms with van der Waals surface area (Å²) in [6.45, 7) is 0.372. The molecule has 0 aliphatic heterocycles. The van der Waals surface area contributed by atoms with Crippen molar-refractivity contribution in [3.05, 3.63) is 27.6 Å². The van der Waals surface area contributed by atoms with Gasteiger partial charge in [-0.25, -0.2) is 4.39 Å². The van der Waals surface area contributed by atoms with E-state index in [2.05, 4.69) is 5.32 Å². The Balaban J connectivity index is 2.15. The second kappa shape index (κ2) is 5.52. The molecular formula is C13H16FIN2O. The molecule has 98 valence electrons. The van der Waals surface area contributed by atoms with Crippen molar-refractivity contribution in [3.63, 3.8) is 0 Å². The Kier molecular flexibility index (Phi) is 4.21. The summed E-state index contributed by atoms with van der Waals surface area (Å²) < 4.78 is 13.7. The number of carbonyl (C=O) groups excluding carboxylic acids is 1. The molecule has 1 fully saturated rings. The molecule has 18 heavy (non-hydrogen) atoms. The molecule has 0 heterocycles. The zero-order valence-electron chi connectivity index (χ0n) is 10.0. The highest BCUT2D eigenvalue weighted by Crippen LogP contribution is 2.38. The number of rotatable bonds is 3. The molecule has 1 saturated carbocycles. The minimum Gasteiger partial charge on any atom is -0.329 e. The first kappa shape index (κ1) is 13.7. The average molecular weight is 362 g/mol. The van der Waals surface area contributed by atoms with Gasteiger partial charge in [0.2, 0.25) is 5.91 Å². The van der Waals surface area contributed by atoms with Crippen molar-refractivity contribution in [2.45, 2.75) is 25.7 Å². The van der Waals surface area contributed by atoms with Crippen LogP contribution in [0.2, 0.25) is 0 Å². The summed E-state index contributed by atoms with van der Waals surface area (Å²) >= 11 is 2.01. The molecule has 1 aliphatic carbocycles. The third-order valence-electron chi connectivity index (χ3n) is 3.61. The molecule has 0 radical (unpaired) electrons. The first-order valence-electron chi connectivity index (χ1n) is 6.04. The number of anilines is 1. The Bertz CT molecular complexity index is 458. The minimum atomic E-state index is -0.433. The fourth-order valence-corrected chi connectivity index (χ4v) is 3.03. The molecule has 5 heteroatoms. The SMILES string of the molecule is NCC1(C(=O)Nc2ccc(F)cc2I)CCCC1. The molecule has 1 aromatic rings. The molecule has 0 spiro atoms. The fraction of sp³-hybridized carbons (Fsp3) is 0.462. The number of hydrogen-bond acceptors (Lipinski definition) is 2. The first-order chi connectivity index (χ1) is 8.57. The van der Waals surface area contributed by atoms with Gasteiger partial charge in [-0.05, 0) is 53.6 Å². The van der Waals surface area contributed by atoms with E-state index in [0.29, 0.717) is 15.8 Å². The third-order valence-corrected chi connectivity index (χ3v) is 4.50. The predicted molar refractivity (Wildman–Crippen MR) is 77.7 cm³/mol. The van der Waals surface area contributed by atoms with Gasteiger partial charge in [0.1, 0.15) is 5.82 Å². The normalized spacial score (nSPS) is 17.7. The highest BCUT2D eigenvalue weighted by atomic mass is 127. The van der Waals surface area contributed by atoms with Crippen molar-refractivity contribution in [2.75, 3.05) is 11.9 Å². The lowest BCUT2D eigenvalue weighted by Gasteiger charge is -2.26. The van der Waals surface area contributed by atoms with E-state index in [-0.39, 0.29) is 11.7 Å². The summed E-state index contributed by atoms with van der Waals surface area (Å²) in [6, 6.07) is 4.34. The largest absolute Gasteiger partial charge is 0.329 e. The molecule has 0 atom stereocenters. The van der Waals surface area contributed by atoms with Gasteiger partial charge in [-0.2, -0.15) is 0 Å². The van der Waals surface area contributed by atoms with Gasteiger partial charge >= 0.3 is 0 Å². The van der Waals surface area contributed by atoms with Crippen molar-refractivity contribution < 1.29 is 9.18 Å². The second-order valence-corrected chi connectivity index (χ2v) is 5.93. The van der Waals surface area contributed by atoms with Gasteiger partial charge in [0.25, 0.3) is 0 Å². The third kappa shape index (κ3) is 2.66. The zero-order chi connectivity index (χ0) is 13.2. The lowest BCUT2D eigenvalue weighted by molar-refractivity contribution is -0.124. The Morgan fingerprint density at radius 2 is 2.11 bits per heavy atom. The van der Waals surface area contributed by atoms with Gasteiger partial charge in [-0.1, -0.05) is 12.8 Å². The van der Waals surface area contributed by atoms with E-state index in [4.69, 9.17) is 5.73 Å². The topological polar surface area (TPSA) is 55.1 Å². The van der Waals surface area contributed by atoms with E-state index in [0.717, 1.165) is 25.7 Å². The van der Waals surface area contributed by atoms with E-state index in [1.54, 1.807) is 6.07 Å². The Hall–Kier alpha value is -0.690. The Morgan fingerprint density at radius 3 is 2.67 bits per heavy atom. The number of carbonyl (C=O) groups is 1. The van der Waals surface area contributed by atoms with Crippen molar-refractivity contribution >= 4 is 34.2 Å². The molecule has 0 saturated heterocycles. The van der Waals surface area contributed by atoms with Crippen LogP contribution in [0.25, 0.3) is 0 Å². The van der Waals surface area contributed by atoms with Gasteiger partial charge in [0, 0.05) is 10.1 Å². The van der Waals surface area contributed by atoms with Gasteiger partial charge in [0.15, 0.2) is 0 Å². The number of nitrogens with two attached hydrogens (primary N) is 1. The molecule has 0 bridgehead atoms. The number of nitrogens with one attached hydrogen (secondary N) is 1. The quantitative estimate of drug-likeness (QED) is 0.813. The molecule has 0 unspecified atom stereocenters. The monoisotopic (exact) mass is 362 g/mol. The summed E-state index contributed by atoms with van der Waals surface area (Å²) in [5.74, 6) is -0.334. The van der Waals surface area contributed by atoms with Crippen LogP contribution >= 0.6 is 22.6 Å². The van der Waals surface area contributed by atoms with Crippen molar-refractivity contribution in [1.82, 2.24) is 0 Å². The molecule has 0 aromatic heterocycles. The summed E-state index contributed by atoms with van der Waals surface area (Å²) in [4.78, 5) is 12.3. The summed E-state index contributed by atoms with van der Waals surface area (Å²) in [5.41, 5.74) is 5.98. The van der Waals surface area contributed by atoms with Gasteiger partial charge in [-0.3, -0.25) is 4.79 Å². The van der Waals surface area contributed by atoms with Crippen LogP contribution < -0.4 is 11.1 Å². The van der Waals surface area contributed by atoms with Crippen LogP contribution in [0.3, 0.4) is 0 Å². The van der Waals surface area contributed by atoms with Gasteiger partial charge < -0.3 is 11.1 Å². The lowest BCUT2D eigenvalue weighted by atomic mass is 9.85. The minimum absolute atomic E-state index is 0.0352. The van der Waals surface area contributed by atoms with E-state index >= 15 is 0 Å². The number of hydrogen-bond donors (Lipinski definition) is 2. The zero-order valence-corrected chi connectivity index (χ0v) is 12.2. The Labute approximate surface area is 119 Å². The summed E-state index contributed by atoms with van der Waals surface area (Å²) in [7, 11) is 0. The molecule has 1 amide bonds. The Morgan fingerprint density at radius 1 is 1.44 bits per heavy atom. The molecule has 2 rings (SSSR count). The van der Waals surface area contributed by atoms with Crippen LogP contribution in [0.1, 0.15) is 25.7 Å². The van der Waals surface area contributed by atoms with E-state index in [1.807, 2.05) is 22.6 Å². The van der Waals surface area contributed by atoms with Crippen LogP contribution in [0, 0.1) is 14.8 Å². The molecule has 3 nitrogen and oxygen atoms in total. The fourth-order valence-electron chi connectivity index (χ4n) is 2.42. The maximum absolute atomic E-state index is 13.0. The molecule has 1 aromatic carbocycles. The smallest absolute Gasteiger partial charge is 0.231 e. The number of amides is 1. The first-order valence-corrected chi connectivity index (χ1v) is 7.12. The van der Waals surface area contributed by atoms with Crippen LogP contribution in [-0.4, -0.2) is 12.5 Å². The lowest BCUT2D eigenvalue weighted by Crippen LogP contribution is -2.40. The predicted octanol–water partition coefficient (Wildman–Crippen LogP) is 2.89. The highest BCUT2D eigenvalue weighted by molar-refractivity contribution is 14.1. The molecule has 1 aliphatic rings. The molecule has 3 N–H and O–H groups in total. The highest BCUT2D eigenvalue weighted by Gasteiger charge is 2.39. The van der Waals surface area contributed by atoms with Crippen molar-refractivity contribution in [1.29, 1.82) is 0 Å². The molecular weight excluding hydrogens is 346 g/mol. The number of benzene rings is 1. The van der Waals surface area contributed by atoms with Crippen molar-refractivity contribution in [2.24, 2.45) is 11.1 Å². The van der Waals surface area contributed by atoms with Crippen LogP contribution in [0.15, 0.2) is 18.2 Å². The summed E-state index contributed by atoms with van der Waals surface area (Å²) in [5, 5.41) is 2.88. The summed E-state index contributed by atoms with van der Waals surface area (Å²) in [6.07, 6.45) is 3.77. The standard InChI is InChI=1S/C13H16FIN2O/c14-9-3-4-11(10(15)7-9)17-12(18)13(8-16)5-1-2-6-13/h3-4,7H,1-2,5-6,8,16H2,(H,17,18). The van der Waals surface area contributed by atoms with Gasteiger partial charge in [-0.15, -0.1) is 0 Å². The average Bonchev–Trinajstić information content (AvgIpc) is 2.82. The van der Waals surface area contributed by atoms with Crippen LogP contribution in [0.5, 0.6) is 0 Å². The van der Waals surface area contributed by atoms with Crippen LogP contribution in [-0.2, 0) is 4.79 Å². The van der Waals surface area contributed by atoms with Gasteiger partial charge in [0.05, 0.1) is 11.1 Å². The van der Waals surface area contributed by atoms with Crippen LogP contribution in [0.4, 0.5) is 10.1 Å². The second-order valence-electron chi connectivity index (χ2n) is 4.77. The van der Waals surface area contributed by atoms with Crippen molar-refractivity contribution in [3.8, 4) is 0 Å². The number of halogens is 2. The van der Waals surface area contributed by atoms with E-state index in [1.165, 1.54) is 12.1 Å². The maximum Gasteiger partial charge on any atom is 0.231 e. The van der Waals surface area contributed by atoms with E-state index < -0.39 is 5.41 Å².